The zero-order valence-corrected chi connectivity index (χ0v) is 29.7. The second kappa shape index (κ2) is 13.0. The van der Waals surface area contributed by atoms with E-state index in [1.54, 1.807) is 0 Å². The number of hydrogen-bond acceptors (Lipinski definition) is 2. The van der Waals surface area contributed by atoms with Gasteiger partial charge >= 0.3 is 0 Å². The molecule has 10 aromatic rings. The number of para-hydroxylation sites is 1. The second-order valence-corrected chi connectivity index (χ2v) is 13.9. The number of benzene rings is 9. The Kier molecular flexibility index (Phi) is 7.58. The zero-order chi connectivity index (χ0) is 36.9. The maximum absolute atomic E-state index is 10.4. The van der Waals surface area contributed by atoms with Crippen molar-refractivity contribution in [2.45, 2.75) is 0 Å². The summed E-state index contributed by atoms with van der Waals surface area (Å²) in [5.41, 5.74) is 13.1. The largest absolute Gasteiger partial charge is 0.309 e. The predicted octanol–water partition coefficient (Wildman–Crippen LogP) is 13.5. The first-order valence-corrected chi connectivity index (χ1v) is 18.4. The average molecular weight is 698 g/mol. The molecule has 0 atom stereocenters. The third-order valence-corrected chi connectivity index (χ3v) is 10.9. The molecule has 9 aromatic carbocycles. The van der Waals surface area contributed by atoms with Crippen LogP contribution in [-0.4, -0.2) is 4.57 Å². The highest BCUT2D eigenvalue weighted by atomic mass is 15.0. The molecule has 0 radical (unpaired) electrons. The van der Waals surface area contributed by atoms with E-state index < -0.39 is 0 Å². The van der Waals surface area contributed by atoms with Crippen molar-refractivity contribution >= 4 is 43.4 Å². The maximum Gasteiger partial charge on any atom is 0.0998 e. The van der Waals surface area contributed by atoms with Gasteiger partial charge in [0.05, 0.1) is 34.3 Å². The van der Waals surface area contributed by atoms with Crippen LogP contribution in [-0.2, 0) is 0 Å². The van der Waals surface area contributed by atoms with E-state index in [0.717, 1.165) is 49.7 Å². The summed E-state index contributed by atoms with van der Waals surface area (Å²) in [6.45, 7) is 0. The van der Waals surface area contributed by atoms with E-state index >= 15 is 0 Å². The lowest BCUT2D eigenvalue weighted by molar-refractivity contribution is 1.18. The van der Waals surface area contributed by atoms with Crippen molar-refractivity contribution in [3.8, 4) is 62.3 Å². The van der Waals surface area contributed by atoms with Crippen LogP contribution in [0.25, 0.3) is 93.5 Å². The summed E-state index contributed by atoms with van der Waals surface area (Å²) in [5.74, 6) is 0. The number of nitriles is 2. The Balaban J connectivity index is 1.04. The molecule has 3 nitrogen and oxygen atoms in total. The van der Waals surface area contributed by atoms with Gasteiger partial charge in [0.25, 0.3) is 0 Å². The summed E-state index contributed by atoms with van der Waals surface area (Å²) in [5, 5.41) is 27.0. The van der Waals surface area contributed by atoms with Crippen molar-refractivity contribution in [2.75, 3.05) is 0 Å². The Labute approximate surface area is 318 Å². The Morgan fingerprint density at radius 3 is 1.58 bits per heavy atom. The van der Waals surface area contributed by atoms with Crippen molar-refractivity contribution in [2.24, 2.45) is 0 Å². The monoisotopic (exact) mass is 697 g/mol. The van der Waals surface area contributed by atoms with Gasteiger partial charge in [-0.2, -0.15) is 10.5 Å². The molecule has 0 saturated heterocycles. The van der Waals surface area contributed by atoms with Gasteiger partial charge in [0.1, 0.15) is 0 Å². The molecule has 0 unspecified atom stereocenters. The van der Waals surface area contributed by atoms with Crippen molar-refractivity contribution in [3.63, 3.8) is 0 Å². The molecular weight excluding hydrogens is 667 g/mol. The van der Waals surface area contributed by atoms with E-state index in [-0.39, 0.29) is 0 Å². The van der Waals surface area contributed by atoms with E-state index in [2.05, 4.69) is 162 Å². The highest BCUT2D eigenvalue weighted by molar-refractivity contribution is 6.21. The standard InChI is InChI=1S/C52H31N3/c53-32-34-21-28-50-48(29-34)43-15-8-9-20-49(43)55(50)41-26-27-42(40(31-41)33-54)36-24-22-35(23-25-36)38-13-10-14-39(30-38)52-46-18-6-4-16-44(46)51(37-11-2-1-3-12-37)45-17-5-7-19-47(45)52/h1-31H. The molecule has 0 saturated carbocycles. The fourth-order valence-corrected chi connectivity index (χ4v) is 8.39. The second-order valence-electron chi connectivity index (χ2n) is 13.9. The van der Waals surface area contributed by atoms with Gasteiger partial charge in [-0.25, -0.2) is 0 Å². The minimum Gasteiger partial charge on any atom is -0.309 e. The van der Waals surface area contributed by atoms with Crippen molar-refractivity contribution < 1.29 is 0 Å². The topological polar surface area (TPSA) is 52.5 Å². The first-order valence-electron chi connectivity index (χ1n) is 18.4. The fourth-order valence-electron chi connectivity index (χ4n) is 8.39. The van der Waals surface area contributed by atoms with Gasteiger partial charge in [-0.3, -0.25) is 0 Å². The van der Waals surface area contributed by atoms with Gasteiger partial charge in [0.2, 0.25) is 0 Å². The SMILES string of the molecule is N#Cc1ccc2c(c1)c1ccccc1n2-c1ccc(-c2ccc(-c3cccc(-c4c5ccccc5c(-c5ccccc5)c5ccccc45)c3)cc2)c(C#N)c1. The molecule has 0 aliphatic heterocycles. The highest BCUT2D eigenvalue weighted by Crippen LogP contribution is 2.44. The van der Waals surface area contributed by atoms with E-state index in [4.69, 9.17) is 0 Å². The van der Waals surface area contributed by atoms with Gasteiger partial charge in [0, 0.05) is 16.5 Å². The quantitative estimate of drug-likeness (QED) is 0.168. The minimum absolute atomic E-state index is 0.601. The summed E-state index contributed by atoms with van der Waals surface area (Å²) < 4.78 is 2.17. The first-order chi connectivity index (χ1) is 27.2. The van der Waals surface area contributed by atoms with E-state index in [1.807, 2.05) is 42.5 Å². The Morgan fingerprint density at radius 2 is 0.909 bits per heavy atom. The van der Waals surface area contributed by atoms with Crippen LogP contribution in [0.15, 0.2) is 188 Å². The molecule has 0 fully saturated rings. The average Bonchev–Trinajstić information content (AvgIpc) is 3.59. The molecule has 10 rings (SSSR count). The third-order valence-electron chi connectivity index (χ3n) is 10.9. The number of hydrogen-bond donors (Lipinski definition) is 0. The number of aromatic nitrogens is 1. The third kappa shape index (κ3) is 5.27. The van der Waals surface area contributed by atoms with E-state index in [0.29, 0.717) is 11.1 Å². The van der Waals surface area contributed by atoms with Crippen LogP contribution in [0.2, 0.25) is 0 Å². The predicted molar refractivity (Wildman–Crippen MR) is 227 cm³/mol. The lowest BCUT2D eigenvalue weighted by Crippen LogP contribution is -1.96. The Bertz CT molecular complexity index is 3150. The summed E-state index contributed by atoms with van der Waals surface area (Å²) in [7, 11) is 0. The molecule has 0 spiro atoms. The zero-order valence-electron chi connectivity index (χ0n) is 29.7. The Hall–Kier alpha value is -7.72. The van der Waals surface area contributed by atoms with Crippen LogP contribution in [0.3, 0.4) is 0 Å². The fraction of sp³-hybridized carbons (Fsp3) is 0. The van der Waals surface area contributed by atoms with Crippen LogP contribution < -0.4 is 0 Å². The summed E-state index contributed by atoms with van der Waals surface area (Å²) >= 11 is 0. The van der Waals surface area contributed by atoms with Crippen molar-refractivity contribution in [1.82, 2.24) is 4.57 Å². The smallest absolute Gasteiger partial charge is 0.0998 e. The van der Waals surface area contributed by atoms with Gasteiger partial charge in [-0.1, -0.05) is 146 Å². The minimum atomic E-state index is 0.601. The normalized spacial score (nSPS) is 11.2. The maximum atomic E-state index is 10.4. The van der Waals surface area contributed by atoms with E-state index in [1.165, 1.54) is 43.8 Å². The van der Waals surface area contributed by atoms with Gasteiger partial charge in [-0.15, -0.1) is 0 Å². The molecule has 0 N–H and O–H groups in total. The molecule has 55 heavy (non-hydrogen) atoms. The molecule has 3 heteroatoms. The summed E-state index contributed by atoms with van der Waals surface area (Å²) in [6.07, 6.45) is 0. The lowest BCUT2D eigenvalue weighted by atomic mass is 9.85. The van der Waals surface area contributed by atoms with Gasteiger partial charge < -0.3 is 4.57 Å². The molecular formula is C52H31N3. The molecule has 1 heterocycles. The van der Waals surface area contributed by atoms with Gasteiger partial charge in [-0.05, 0) is 109 Å². The van der Waals surface area contributed by atoms with Crippen LogP contribution in [0.5, 0.6) is 0 Å². The van der Waals surface area contributed by atoms with Crippen molar-refractivity contribution in [3.05, 3.63) is 199 Å². The number of fused-ring (bicyclic) bond motifs is 5. The van der Waals surface area contributed by atoms with Gasteiger partial charge in [0.15, 0.2) is 0 Å². The van der Waals surface area contributed by atoms with Crippen LogP contribution in [0.4, 0.5) is 0 Å². The van der Waals surface area contributed by atoms with Crippen LogP contribution >= 0.6 is 0 Å². The number of rotatable bonds is 5. The van der Waals surface area contributed by atoms with E-state index in [9.17, 15) is 10.5 Å². The highest BCUT2D eigenvalue weighted by Gasteiger charge is 2.18. The molecule has 1 aromatic heterocycles. The molecule has 0 aliphatic carbocycles. The summed E-state index contributed by atoms with van der Waals surface area (Å²) in [6, 6.07) is 70.4. The van der Waals surface area contributed by atoms with Crippen LogP contribution in [0.1, 0.15) is 11.1 Å². The Morgan fingerprint density at radius 1 is 0.345 bits per heavy atom. The summed E-state index contributed by atoms with van der Waals surface area (Å²) in [4.78, 5) is 0. The molecule has 0 bridgehead atoms. The molecule has 0 amide bonds. The van der Waals surface area contributed by atoms with Crippen molar-refractivity contribution in [1.29, 1.82) is 10.5 Å². The molecule has 0 aliphatic rings. The lowest BCUT2D eigenvalue weighted by Gasteiger charge is -2.18. The first kappa shape index (κ1) is 32.0. The van der Waals surface area contributed by atoms with Crippen LogP contribution in [0, 0.1) is 22.7 Å². The number of nitrogens with zero attached hydrogens (tertiary/aromatic N) is 3. The molecule has 254 valence electrons.